The van der Waals surface area contributed by atoms with Crippen LogP contribution in [0.25, 0.3) is 10.9 Å². The highest BCUT2D eigenvalue weighted by Crippen LogP contribution is 2.33. The molecule has 0 unspecified atom stereocenters. The van der Waals surface area contributed by atoms with E-state index in [4.69, 9.17) is 14.5 Å². The van der Waals surface area contributed by atoms with Crippen LogP contribution in [0.15, 0.2) is 52.4 Å². The van der Waals surface area contributed by atoms with Gasteiger partial charge in [0.1, 0.15) is 0 Å². The van der Waals surface area contributed by atoms with Crippen LogP contribution in [0.4, 0.5) is 0 Å². The molecule has 0 atom stereocenters. The fourth-order valence-corrected chi connectivity index (χ4v) is 5.08. The molecule has 8 heteroatoms. The van der Waals surface area contributed by atoms with Gasteiger partial charge in [-0.25, -0.2) is 4.98 Å². The first kappa shape index (κ1) is 20.9. The SMILES string of the molecule is O=C(CSc1nc2ccccc2c(=O)n1Cc1ccc2c(c1)OCO2)NC1CCCCC1. The third-order valence-electron chi connectivity index (χ3n) is 5.91. The number of carbonyl (C=O) groups is 1. The minimum atomic E-state index is -0.122. The molecular weight excluding hydrogens is 426 g/mol. The zero-order valence-corrected chi connectivity index (χ0v) is 18.5. The number of ether oxygens (including phenoxy) is 2. The number of aromatic nitrogens is 2. The Morgan fingerprint density at radius 3 is 2.78 bits per heavy atom. The molecule has 1 aliphatic carbocycles. The first-order valence-electron chi connectivity index (χ1n) is 11.0. The molecule has 1 aromatic heterocycles. The smallest absolute Gasteiger partial charge is 0.262 e. The van der Waals surface area contributed by atoms with Gasteiger partial charge in [-0.1, -0.05) is 49.2 Å². The summed E-state index contributed by atoms with van der Waals surface area (Å²) in [6, 6.07) is 13.2. The highest BCUT2D eigenvalue weighted by atomic mass is 32.2. The number of carbonyl (C=O) groups excluding carboxylic acids is 1. The van der Waals surface area contributed by atoms with E-state index in [1.165, 1.54) is 31.0 Å². The fourth-order valence-electron chi connectivity index (χ4n) is 4.27. The van der Waals surface area contributed by atoms with Gasteiger partial charge in [-0.3, -0.25) is 14.2 Å². The van der Waals surface area contributed by atoms with Crippen molar-refractivity contribution in [3.05, 3.63) is 58.4 Å². The highest BCUT2D eigenvalue weighted by molar-refractivity contribution is 7.99. The van der Waals surface area contributed by atoms with Crippen LogP contribution in [0.2, 0.25) is 0 Å². The van der Waals surface area contributed by atoms with Crippen LogP contribution in [-0.2, 0) is 11.3 Å². The molecule has 2 aromatic carbocycles. The summed E-state index contributed by atoms with van der Waals surface area (Å²) < 4.78 is 12.5. The lowest BCUT2D eigenvalue weighted by molar-refractivity contribution is -0.119. The molecule has 2 heterocycles. The Labute approximate surface area is 190 Å². The summed E-state index contributed by atoms with van der Waals surface area (Å²) in [5, 5.41) is 4.22. The van der Waals surface area contributed by atoms with Crippen molar-refractivity contribution in [3.8, 4) is 11.5 Å². The quantitative estimate of drug-likeness (QED) is 0.454. The summed E-state index contributed by atoms with van der Waals surface area (Å²) in [5.41, 5.74) is 1.42. The molecule has 32 heavy (non-hydrogen) atoms. The molecule has 2 aliphatic rings. The Balaban J connectivity index is 1.40. The normalized spacial score (nSPS) is 15.8. The number of nitrogens with one attached hydrogen (secondary N) is 1. The van der Waals surface area contributed by atoms with E-state index in [1.54, 1.807) is 10.6 Å². The fraction of sp³-hybridized carbons (Fsp3) is 0.375. The Morgan fingerprint density at radius 2 is 1.91 bits per heavy atom. The average Bonchev–Trinajstić information content (AvgIpc) is 3.28. The number of benzene rings is 2. The third-order valence-corrected chi connectivity index (χ3v) is 6.88. The molecule has 166 valence electrons. The maximum Gasteiger partial charge on any atom is 0.262 e. The lowest BCUT2D eigenvalue weighted by Gasteiger charge is -2.22. The summed E-state index contributed by atoms with van der Waals surface area (Å²) in [6.07, 6.45) is 5.66. The van der Waals surface area contributed by atoms with Crippen molar-refractivity contribution in [1.82, 2.24) is 14.9 Å². The summed E-state index contributed by atoms with van der Waals surface area (Å²) >= 11 is 1.30. The van der Waals surface area contributed by atoms with Gasteiger partial charge in [-0.2, -0.15) is 0 Å². The number of nitrogens with zero attached hydrogens (tertiary/aromatic N) is 2. The van der Waals surface area contributed by atoms with E-state index < -0.39 is 0 Å². The molecule has 7 nitrogen and oxygen atoms in total. The van der Waals surface area contributed by atoms with E-state index in [-0.39, 0.29) is 30.1 Å². The number of fused-ring (bicyclic) bond motifs is 2. The Bertz CT molecular complexity index is 1200. The third kappa shape index (κ3) is 4.46. The molecule has 1 aliphatic heterocycles. The number of para-hydroxylation sites is 1. The minimum absolute atomic E-state index is 0.0149. The van der Waals surface area contributed by atoms with E-state index >= 15 is 0 Å². The largest absolute Gasteiger partial charge is 0.454 e. The molecule has 0 saturated heterocycles. The van der Waals surface area contributed by atoms with E-state index in [2.05, 4.69) is 5.32 Å². The monoisotopic (exact) mass is 451 g/mol. The molecule has 0 spiro atoms. The van der Waals surface area contributed by atoms with E-state index in [9.17, 15) is 9.59 Å². The molecule has 1 saturated carbocycles. The molecule has 1 amide bonds. The number of amides is 1. The summed E-state index contributed by atoms with van der Waals surface area (Å²) in [5.74, 6) is 1.58. The second kappa shape index (κ2) is 9.24. The van der Waals surface area contributed by atoms with Crippen LogP contribution in [-0.4, -0.2) is 34.0 Å². The van der Waals surface area contributed by atoms with Gasteiger partial charge in [0.25, 0.3) is 5.56 Å². The zero-order valence-electron chi connectivity index (χ0n) is 17.7. The van der Waals surface area contributed by atoms with Gasteiger partial charge in [0.05, 0.1) is 23.2 Å². The van der Waals surface area contributed by atoms with Crippen LogP contribution in [0, 0.1) is 0 Å². The number of rotatable bonds is 6. The second-order valence-corrected chi connectivity index (χ2v) is 9.12. The minimum Gasteiger partial charge on any atom is -0.454 e. The van der Waals surface area contributed by atoms with E-state index in [1.807, 2.05) is 36.4 Å². The maximum absolute atomic E-state index is 13.3. The van der Waals surface area contributed by atoms with Gasteiger partial charge < -0.3 is 14.8 Å². The molecular formula is C24H25N3O4S. The predicted octanol–water partition coefficient (Wildman–Crippen LogP) is 3.71. The van der Waals surface area contributed by atoms with Gasteiger partial charge >= 0.3 is 0 Å². The summed E-state index contributed by atoms with van der Waals surface area (Å²) in [7, 11) is 0. The predicted molar refractivity (Wildman–Crippen MR) is 123 cm³/mol. The van der Waals surface area contributed by atoms with Gasteiger partial charge in [-0.15, -0.1) is 0 Å². The number of hydrogen-bond acceptors (Lipinski definition) is 6. The van der Waals surface area contributed by atoms with Crippen molar-refractivity contribution in [2.45, 2.75) is 49.8 Å². The maximum atomic E-state index is 13.3. The van der Waals surface area contributed by atoms with Gasteiger partial charge in [0.2, 0.25) is 12.7 Å². The lowest BCUT2D eigenvalue weighted by Crippen LogP contribution is -2.37. The van der Waals surface area contributed by atoms with Crippen LogP contribution in [0.5, 0.6) is 11.5 Å². The standard InChI is InChI=1S/C24H25N3O4S/c28-22(25-17-6-2-1-3-7-17)14-32-24-26-19-9-5-4-8-18(19)23(29)27(24)13-16-10-11-20-21(12-16)31-15-30-20/h4-5,8-12,17H,1-3,6-7,13-15H2,(H,25,28). The molecule has 0 bridgehead atoms. The first-order chi connectivity index (χ1) is 15.7. The highest BCUT2D eigenvalue weighted by Gasteiger charge is 2.19. The summed E-state index contributed by atoms with van der Waals surface area (Å²) in [6.45, 7) is 0.535. The van der Waals surface area contributed by atoms with Crippen LogP contribution in [0.1, 0.15) is 37.7 Å². The summed E-state index contributed by atoms with van der Waals surface area (Å²) in [4.78, 5) is 30.6. The number of hydrogen-bond donors (Lipinski definition) is 1. The van der Waals surface area contributed by atoms with Crippen molar-refractivity contribution in [2.75, 3.05) is 12.5 Å². The zero-order chi connectivity index (χ0) is 21.9. The van der Waals surface area contributed by atoms with Crippen LogP contribution in [0.3, 0.4) is 0 Å². The average molecular weight is 452 g/mol. The molecule has 1 N–H and O–H groups in total. The van der Waals surface area contributed by atoms with Crippen molar-refractivity contribution < 1.29 is 14.3 Å². The van der Waals surface area contributed by atoms with E-state index in [0.717, 1.165) is 18.4 Å². The van der Waals surface area contributed by atoms with Crippen molar-refractivity contribution in [1.29, 1.82) is 0 Å². The Kier molecular flexibility index (Phi) is 6.03. The Morgan fingerprint density at radius 1 is 1.09 bits per heavy atom. The topological polar surface area (TPSA) is 82.5 Å². The van der Waals surface area contributed by atoms with Gasteiger partial charge in [-0.05, 0) is 42.7 Å². The Hall–Kier alpha value is -3.00. The van der Waals surface area contributed by atoms with E-state index in [0.29, 0.717) is 34.1 Å². The molecule has 0 radical (unpaired) electrons. The van der Waals surface area contributed by atoms with Gasteiger partial charge in [0.15, 0.2) is 16.7 Å². The second-order valence-electron chi connectivity index (χ2n) is 8.18. The molecule has 1 fully saturated rings. The van der Waals surface area contributed by atoms with Crippen LogP contribution >= 0.6 is 11.8 Å². The van der Waals surface area contributed by atoms with Crippen molar-refractivity contribution in [2.24, 2.45) is 0 Å². The number of thioether (sulfide) groups is 1. The first-order valence-corrected chi connectivity index (χ1v) is 12.0. The molecule has 5 rings (SSSR count). The van der Waals surface area contributed by atoms with Crippen LogP contribution < -0.4 is 20.3 Å². The van der Waals surface area contributed by atoms with Crippen molar-refractivity contribution in [3.63, 3.8) is 0 Å². The molecule has 3 aromatic rings. The lowest BCUT2D eigenvalue weighted by atomic mass is 9.95. The van der Waals surface area contributed by atoms with Gasteiger partial charge in [0, 0.05) is 6.04 Å². The van der Waals surface area contributed by atoms with Crippen molar-refractivity contribution >= 4 is 28.6 Å².